The topological polar surface area (TPSA) is 73.7 Å². The quantitative estimate of drug-likeness (QED) is 0.732. The molecule has 7 nitrogen and oxygen atoms in total. The third kappa shape index (κ3) is 2.58. The minimum Gasteiger partial charge on any atom is -0.469 e. The van der Waals surface area contributed by atoms with E-state index in [9.17, 15) is 22.8 Å². The number of methoxy groups -OCH3 is 1. The third-order valence-corrected chi connectivity index (χ3v) is 5.70. The molecule has 5 rings (SSSR count). The zero-order valence-corrected chi connectivity index (χ0v) is 14.1. The van der Waals surface area contributed by atoms with Crippen LogP contribution in [0.25, 0.3) is 0 Å². The number of likely N-dealkylation sites (tertiary alicyclic amines) is 1. The number of carbonyl (C=O) groups is 2. The number of ether oxygens (including phenoxy) is 2. The molecule has 1 saturated heterocycles. The van der Waals surface area contributed by atoms with Crippen molar-refractivity contribution in [2.75, 3.05) is 26.8 Å². The number of nitrogens with zero attached hydrogens (tertiary/aromatic N) is 3. The minimum atomic E-state index is -4.65. The number of carbonyl (C=O) groups excluding carboxylic acids is 2. The highest BCUT2D eigenvalue weighted by atomic mass is 19.4. The summed E-state index contributed by atoms with van der Waals surface area (Å²) in [6.45, 7) is -0.00280. The average Bonchev–Trinajstić information content (AvgIpc) is 2.90. The Bertz CT molecular complexity index is 734. The summed E-state index contributed by atoms with van der Waals surface area (Å²) < 4.78 is 46.5. The van der Waals surface area contributed by atoms with E-state index in [1.54, 1.807) is 12.5 Å². The van der Waals surface area contributed by atoms with E-state index < -0.39 is 13.0 Å². The van der Waals surface area contributed by atoms with Gasteiger partial charge < -0.3 is 14.2 Å². The van der Waals surface area contributed by atoms with Gasteiger partial charge in [0.15, 0.2) is 0 Å². The van der Waals surface area contributed by atoms with Gasteiger partial charge in [0.25, 0.3) is 5.91 Å². The van der Waals surface area contributed by atoms with Gasteiger partial charge in [-0.3, -0.25) is 14.3 Å². The fourth-order valence-electron chi connectivity index (χ4n) is 4.35. The van der Waals surface area contributed by atoms with E-state index in [-0.39, 0.29) is 47.5 Å². The van der Waals surface area contributed by atoms with E-state index in [1.165, 1.54) is 12.0 Å². The van der Waals surface area contributed by atoms with Crippen molar-refractivity contribution in [3.05, 3.63) is 18.2 Å². The van der Waals surface area contributed by atoms with Crippen LogP contribution in [0, 0.1) is 11.3 Å². The van der Waals surface area contributed by atoms with Crippen molar-refractivity contribution in [2.24, 2.45) is 11.3 Å². The smallest absolute Gasteiger partial charge is 0.469 e. The van der Waals surface area contributed by atoms with Crippen LogP contribution in [0.1, 0.15) is 29.8 Å². The summed E-state index contributed by atoms with van der Waals surface area (Å²) in [6.07, 6.45) is 0.624. The van der Waals surface area contributed by atoms with E-state index in [0.29, 0.717) is 19.3 Å². The molecule has 0 unspecified atom stereocenters. The lowest BCUT2D eigenvalue weighted by atomic mass is 9.39. The molecule has 26 heavy (non-hydrogen) atoms. The van der Waals surface area contributed by atoms with Crippen LogP contribution in [0.2, 0.25) is 0 Å². The highest BCUT2D eigenvalue weighted by Crippen LogP contribution is 2.71. The van der Waals surface area contributed by atoms with Crippen LogP contribution >= 0.6 is 0 Å². The first kappa shape index (κ1) is 17.3. The number of aromatic nitrogens is 2. The summed E-state index contributed by atoms with van der Waals surface area (Å²) in [5.41, 5.74) is -0.290. The number of esters is 1. The standard InChI is InChI=1S/C16H18F3N3O4/c1-25-13(24)14-6-15(7-14,8-14)22-4-11(20-9-22)12(23)21-2-10(3-21)5-26-16(17,18)19/h4,9-10H,2-3,5-8H2,1H3. The molecule has 4 fully saturated rings. The number of rotatable bonds is 5. The van der Waals surface area contributed by atoms with Gasteiger partial charge in [-0.1, -0.05) is 0 Å². The molecule has 0 spiro atoms. The first-order valence-electron chi connectivity index (χ1n) is 8.29. The maximum absolute atomic E-state index is 12.4. The van der Waals surface area contributed by atoms with E-state index in [1.807, 2.05) is 4.57 Å². The van der Waals surface area contributed by atoms with Gasteiger partial charge in [-0.15, -0.1) is 13.2 Å². The molecule has 10 heteroatoms. The number of amides is 1. The van der Waals surface area contributed by atoms with Crippen molar-refractivity contribution in [3.63, 3.8) is 0 Å². The van der Waals surface area contributed by atoms with Crippen molar-refractivity contribution in [1.82, 2.24) is 14.5 Å². The van der Waals surface area contributed by atoms with Gasteiger partial charge in [-0.25, -0.2) is 4.98 Å². The second-order valence-corrected chi connectivity index (χ2v) is 7.53. The Morgan fingerprint density at radius 3 is 2.54 bits per heavy atom. The largest absolute Gasteiger partial charge is 0.522 e. The molecular weight excluding hydrogens is 355 g/mol. The molecule has 0 atom stereocenters. The summed E-state index contributed by atoms with van der Waals surface area (Å²) in [7, 11) is 1.38. The van der Waals surface area contributed by atoms with E-state index in [2.05, 4.69) is 9.72 Å². The van der Waals surface area contributed by atoms with Crippen LogP contribution in [0.15, 0.2) is 12.5 Å². The number of hydrogen-bond acceptors (Lipinski definition) is 5. The molecule has 3 aliphatic carbocycles. The summed E-state index contributed by atoms with van der Waals surface area (Å²) in [5.74, 6) is -0.815. The van der Waals surface area contributed by atoms with Crippen LogP contribution in [-0.4, -0.2) is 59.5 Å². The number of alkyl halides is 3. The third-order valence-electron chi connectivity index (χ3n) is 5.70. The zero-order chi connectivity index (χ0) is 18.7. The maximum atomic E-state index is 12.4. The van der Waals surface area contributed by atoms with Crippen LogP contribution in [0.4, 0.5) is 13.2 Å². The van der Waals surface area contributed by atoms with Gasteiger partial charge in [0.05, 0.1) is 25.5 Å². The summed E-state index contributed by atoms with van der Waals surface area (Å²) in [6, 6.07) is 0. The Balaban J connectivity index is 1.30. The molecule has 0 radical (unpaired) electrons. The van der Waals surface area contributed by atoms with Gasteiger partial charge in [-0.05, 0) is 19.3 Å². The highest BCUT2D eigenvalue weighted by Gasteiger charge is 2.73. The van der Waals surface area contributed by atoms with Gasteiger partial charge in [0.1, 0.15) is 5.69 Å². The Morgan fingerprint density at radius 1 is 1.31 bits per heavy atom. The predicted molar refractivity (Wildman–Crippen MR) is 79.9 cm³/mol. The normalized spacial score (nSPS) is 30.2. The Morgan fingerprint density at radius 2 is 1.96 bits per heavy atom. The molecule has 0 N–H and O–H groups in total. The number of imidazole rings is 1. The van der Waals surface area contributed by atoms with Crippen LogP contribution in [-0.2, 0) is 19.8 Å². The Hall–Kier alpha value is -2.10. The van der Waals surface area contributed by atoms with Crippen LogP contribution in [0.3, 0.4) is 0 Å². The summed E-state index contributed by atoms with van der Waals surface area (Å²) in [4.78, 5) is 29.7. The molecule has 1 aromatic heterocycles. The average molecular weight is 373 g/mol. The lowest BCUT2D eigenvalue weighted by molar-refractivity contribution is -0.330. The summed E-state index contributed by atoms with van der Waals surface area (Å²) >= 11 is 0. The van der Waals surface area contributed by atoms with E-state index in [4.69, 9.17) is 4.74 Å². The van der Waals surface area contributed by atoms with Crippen molar-refractivity contribution in [3.8, 4) is 0 Å². The molecule has 2 bridgehead atoms. The second kappa shape index (κ2) is 5.45. The molecule has 1 aromatic rings. The molecule has 1 amide bonds. The van der Waals surface area contributed by atoms with Gasteiger partial charge in [-0.2, -0.15) is 0 Å². The zero-order valence-electron chi connectivity index (χ0n) is 14.1. The van der Waals surface area contributed by atoms with Crippen molar-refractivity contribution < 1.29 is 32.2 Å². The van der Waals surface area contributed by atoms with Crippen molar-refractivity contribution >= 4 is 11.9 Å². The SMILES string of the molecule is COC(=O)C12CC(n3cnc(C(=O)N4CC(COC(F)(F)F)C4)c3)(C1)C2. The molecular formula is C16H18F3N3O4. The highest BCUT2D eigenvalue weighted by molar-refractivity contribution is 5.92. The number of halogens is 3. The Labute approximate surface area is 147 Å². The maximum Gasteiger partial charge on any atom is 0.522 e. The lowest BCUT2D eigenvalue weighted by Crippen LogP contribution is -2.70. The Kier molecular flexibility index (Phi) is 3.63. The summed E-state index contributed by atoms with van der Waals surface area (Å²) in [5, 5.41) is 0. The second-order valence-electron chi connectivity index (χ2n) is 7.53. The first-order chi connectivity index (χ1) is 12.2. The van der Waals surface area contributed by atoms with Crippen LogP contribution in [0.5, 0.6) is 0 Å². The molecule has 3 saturated carbocycles. The van der Waals surface area contributed by atoms with Crippen molar-refractivity contribution in [2.45, 2.75) is 31.2 Å². The number of hydrogen-bond donors (Lipinski definition) is 0. The molecule has 142 valence electrons. The first-order valence-corrected chi connectivity index (χ1v) is 8.29. The van der Waals surface area contributed by atoms with Gasteiger partial charge in [0.2, 0.25) is 0 Å². The van der Waals surface area contributed by atoms with Gasteiger partial charge >= 0.3 is 12.3 Å². The van der Waals surface area contributed by atoms with E-state index in [0.717, 1.165) is 0 Å². The fraction of sp³-hybridized carbons (Fsp3) is 0.688. The lowest BCUT2D eigenvalue weighted by Gasteiger charge is -2.68. The monoisotopic (exact) mass is 373 g/mol. The van der Waals surface area contributed by atoms with Crippen LogP contribution < -0.4 is 0 Å². The molecule has 0 aromatic carbocycles. The molecule has 1 aliphatic heterocycles. The molecule has 4 aliphatic rings. The van der Waals surface area contributed by atoms with Gasteiger partial charge in [0, 0.05) is 30.7 Å². The predicted octanol–water partition coefficient (Wildman–Crippen LogP) is 1.54. The van der Waals surface area contributed by atoms with Crippen molar-refractivity contribution in [1.29, 1.82) is 0 Å². The molecule has 2 heterocycles. The fourth-order valence-corrected chi connectivity index (χ4v) is 4.35. The van der Waals surface area contributed by atoms with E-state index >= 15 is 0 Å². The minimum absolute atomic E-state index is 0.169.